The molecule has 0 heterocycles. The summed E-state index contributed by atoms with van der Waals surface area (Å²) in [5, 5.41) is 0. The third kappa shape index (κ3) is 3.87. The summed E-state index contributed by atoms with van der Waals surface area (Å²) in [5.41, 5.74) is -0.104. The van der Waals surface area contributed by atoms with Gasteiger partial charge in [-0.25, -0.2) is 26.3 Å². The second-order valence-electron chi connectivity index (χ2n) is 5.54. The summed E-state index contributed by atoms with van der Waals surface area (Å²) in [4.78, 5) is 0. The van der Waals surface area contributed by atoms with Crippen LogP contribution >= 0.6 is 0 Å². The molecule has 0 bridgehead atoms. The lowest BCUT2D eigenvalue weighted by Crippen LogP contribution is -2.52. The molecule has 0 fully saturated rings. The van der Waals surface area contributed by atoms with E-state index in [1.807, 2.05) is 0 Å². The van der Waals surface area contributed by atoms with E-state index in [-0.39, 0.29) is 16.4 Å². The highest BCUT2D eigenvalue weighted by atomic mass is 19.2. The van der Waals surface area contributed by atoms with Crippen molar-refractivity contribution in [1.82, 2.24) is 0 Å². The molecule has 25 heavy (non-hydrogen) atoms. The molecule has 0 unspecified atom stereocenters. The van der Waals surface area contributed by atoms with Crippen molar-refractivity contribution in [2.45, 2.75) is 0 Å². The van der Waals surface area contributed by atoms with E-state index < -0.39 is 41.6 Å². The van der Waals surface area contributed by atoms with Gasteiger partial charge in [0.25, 0.3) is 0 Å². The van der Waals surface area contributed by atoms with Gasteiger partial charge in [-0.15, -0.1) is 0 Å². The van der Waals surface area contributed by atoms with Crippen LogP contribution in [0.2, 0.25) is 0 Å². The van der Waals surface area contributed by atoms with E-state index in [2.05, 4.69) is 0 Å². The first-order chi connectivity index (χ1) is 11.8. The van der Waals surface area contributed by atoms with Gasteiger partial charge < -0.3 is 0 Å². The molecule has 0 nitrogen and oxygen atoms in total. The minimum absolute atomic E-state index is 0.0347. The summed E-state index contributed by atoms with van der Waals surface area (Å²) in [6, 6.07) is 7.53. The molecular weight excluding hydrogens is 341 g/mol. The Bertz CT molecular complexity index is 758. The van der Waals surface area contributed by atoms with E-state index in [0.717, 1.165) is 36.4 Å². The summed E-state index contributed by atoms with van der Waals surface area (Å²) in [6.07, 6.45) is 0. The second-order valence-corrected chi connectivity index (χ2v) is 5.54. The molecule has 3 rings (SSSR count). The fourth-order valence-corrected chi connectivity index (χ4v) is 2.80. The Labute approximate surface area is 139 Å². The summed E-state index contributed by atoms with van der Waals surface area (Å²) in [6.45, 7) is -1.17. The molecule has 0 saturated carbocycles. The van der Waals surface area contributed by atoms with Crippen molar-refractivity contribution in [3.05, 3.63) is 89.5 Å². The van der Waals surface area contributed by atoms with E-state index >= 15 is 0 Å². The minimum atomic E-state index is -1.17. The molecule has 0 aliphatic rings. The van der Waals surface area contributed by atoms with E-state index in [9.17, 15) is 26.3 Å². The van der Waals surface area contributed by atoms with Gasteiger partial charge in [-0.05, 0) is 36.4 Å². The fourth-order valence-electron chi connectivity index (χ4n) is 2.80. The van der Waals surface area contributed by atoms with Crippen LogP contribution in [0.1, 0.15) is 0 Å². The Hall–Kier alpha value is -2.70. The number of benzene rings is 3. The van der Waals surface area contributed by atoms with Crippen molar-refractivity contribution in [2.24, 2.45) is 0 Å². The molecular formula is C18H9BF6. The summed E-state index contributed by atoms with van der Waals surface area (Å²) < 4.78 is 81.6. The molecule has 0 saturated heterocycles. The quantitative estimate of drug-likeness (QED) is 0.503. The summed E-state index contributed by atoms with van der Waals surface area (Å²) >= 11 is 0. The van der Waals surface area contributed by atoms with Crippen LogP contribution < -0.4 is 16.4 Å². The van der Waals surface area contributed by atoms with Gasteiger partial charge >= 0.3 is 0 Å². The first-order valence-corrected chi connectivity index (χ1v) is 7.20. The SMILES string of the molecule is Fc1cc(F)cc(B(c2cc(F)cc(F)c2)c2cc(F)cc(F)c2)c1. The van der Waals surface area contributed by atoms with Crippen LogP contribution in [0.3, 0.4) is 0 Å². The van der Waals surface area contributed by atoms with Crippen LogP contribution in [-0.4, -0.2) is 6.71 Å². The number of hydrogen-bond donors (Lipinski definition) is 0. The number of halogens is 6. The van der Waals surface area contributed by atoms with Crippen molar-refractivity contribution >= 4 is 23.1 Å². The van der Waals surface area contributed by atoms with Gasteiger partial charge in [0, 0.05) is 18.2 Å². The maximum atomic E-state index is 13.6. The highest BCUT2D eigenvalue weighted by molar-refractivity contribution is 6.95. The van der Waals surface area contributed by atoms with E-state index in [0.29, 0.717) is 18.2 Å². The van der Waals surface area contributed by atoms with Crippen molar-refractivity contribution < 1.29 is 26.3 Å². The molecule has 126 valence electrons. The van der Waals surface area contributed by atoms with Gasteiger partial charge in [0.1, 0.15) is 34.9 Å². The van der Waals surface area contributed by atoms with Gasteiger partial charge in [0.2, 0.25) is 6.71 Å². The average Bonchev–Trinajstić information content (AvgIpc) is 2.44. The van der Waals surface area contributed by atoms with Gasteiger partial charge in [-0.3, -0.25) is 0 Å². The highest BCUT2D eigenvalue weighted by Gasteiger charge is 2.25. The Kier molecular flexibility index (Phi) is 4.57. The molecule has 0 N–H and O–H groups in total. The van der Waals surface area contributed by atoms with Gasteiger partial charge in [0.05, 0.1) is 0 Å². The van der Waals surface area contributed by atoms with Crippen molar-refractivity contribution in [2.75, 3.05) is 0 Å². The van der Waals surface area contributed by atoms with Crippen LogP contribution in [0.15, 0.2) is 54.6 Å². The molecule has 3 aromatic rings. The fraction of sp³-hybridized carbons (Fsp3) is 0. The second kappa shape index (κ2) is 6.66. The molecule has 0 aromatic heterocycles. The lowest BCUT2D eigenvalue weighted by atomic mass is 9.37. The molecule has 0 radical (unpaired) electrons. The maximum absolute atomic E-state index is 13.6. The molecule has 0 spiro atoms. The predicted molar refractivity (Wildman–Crippen MR) is 83.7 cm³/mol. The molecule has 0 aliphatic carbocycles. The zero-order valence-corrected chi connectivity index (χ0v) is 12.5. The minimum Gasteiger partial charge on any atom is -0.207 e. The molecule has 0 atom stereocenters. The Morgan fingerprint density at radius 3 is 0.760 bits per heavy atom. The van der Waals surface area contributed by atoms with E-state index in [1.54, 1.807) is 0 Å². The monoisotopic (exact) mass is 350 g/mol. The Morgan fingerprint density at radius 1 is 0.360 bits per heavy atom. The third-order valence-corrected chi connectivity index (χ3v) is 3.65. The first-order valence-electron chi connectivity index (χ1n) is 7.20. The molecule has 0 aliphatic heterocycles. The summed E-state index contributed by atoms with van der Waals surface area (Å²) in [7, 11) is 0. The van der Waals surface area contributed by atoms with Gasteiger partial charge in [-0.1, -0.05) is 16.4 Å². The van der Waals surface area contributed by atoms with Gasteiger partial charge in [0.15, 0.2) is 0 Å². The largest absolute Gasteiger partial charge is 0.241 e. The van der Waals surface area contributed by atoms with Crippen molar-refractivity contribution in [3.8, 4) is 0 Å². The zero-order valence-electron chi connectivity index (χ0n) is 12.5. The summed E-state index contributed by atoms with van der Waals surface area (Å²) in [5.74, 6) is -5.53. The van der Waals surface area contributed by atoms with Crippen LogP contribution in [0.4, 0.5) is 26.3 Å². The third-order valence-electron chi connectivity index (χ3n) is 3.65. The van der Waals surface area contributed by atoms with Crippen LogP contribution in [0.5, 0.6) is 0 Å². The Morgan fingerprint density at radius 2 is 0.560 bits per heavy atom. The van der Waals surface area contributed by atoms with Crippen LogP contribution in [0.25, 0.3) is 0 Å². The standard InChI is InChI=1S/C18H9BF6/c20-13-1-10(2-14(21)7-13)19(11-3-15(22)8-16(23)4-11)12-5-17(24)9-18(25)6-12/h1-9H. The van der Waals surface area contributed by atoms with Crippen molar-refractivity contribution in [3.63, 3.8) is 0 Å². The number of hydrogen-bond acceptors (Lipinski definition) is 0. The van der Waals surface area contributed by atoms with E-state index in [4.69, 9.17) is 0 Å². The lowest BCUT2D eigenvalue weighted by molar-refractivity contribution is 0.585. The number of rotatable bonds is 3. The first kappa shape index (κ1) is 17.1. The topological polar surface area (TPSA) is 0 Å². The molecule has 7 heteroatoms. The van der Waals surface area contributed by atoms with Gasteiger partial charge in [-0.2, -0.15) is 0 Å². The molecule has 0 amide bonds. The van der Waals surface area contributed by atoms with Crippen LogP contribution in [0, 0.1) is 34.9 Å². The van der Waals surface area contributed by atoms with E-state index in [1.165, 1.54) is 0 Å². The van der Waals surface area contributed by atoms with Crippen molar-refractivity contribution in [1.29, 1.82) is 0 Å². The zero-order chi connectivity index (χ0) is 18.1. The Balaban J connectivity index is 2.27. The molecule has 3 aromatic carbocycles. The normalized spacial score (nSPS) is 10.8. The predicted octanol–water partition coefficient (Wildman–Crippen LogP) is 3.04. The average molecular weight is 350 g/mol. The highest BCUT2D eigenvalue weighted by Crippen LogP contribution is 2.07. The lowest BCUT2D eigenvalue weighted by Gasteiger charge is -2.16. The maximum Gasteiger partial charge on any atom is 0.241 e. The van der Waals surface area contributed by atoms with Crippen LogP contribution in [-0.2, 0) is 0 Å². The smallest absolute Gasteiger partial charge is 0.207 e.